The Morgan fingerprint density at radius 1 is 1.50 bits per heavy atom. The summed E-state index contributed by atoms with van der Waals surface area (Å²) in [5.74, 6) is 0. The molecule has 1 aliphatic heterocycles. The normalized spacial score (nSPS) is 21.5. The van der Waals surface area contributed by atoms with Crippen molar-refractivity contribution in [2.45, 2.75) is 32.4 Å². The van der Waals surface area contributed by atoms with Gasteiger partial charge < -0.3 is 10.2 Å². The first-order valence-corrected chi connectivity index (χ1v) is 6.08. The summed E-state index contributed by atoms with van der Waals surface area (Å²) in [5, 5.41) is 3.51. The highest BCUT2D eigenvalue weighted by atomic mass is 15.2. The second kappa shape index (κ2) is 5.41. The monoisotopic (exact) mass is 219 g/mol. The van der Waals surface area contributed by atoms with E-state index in [0.717, 1.165) is 24.8 Å². The Labute approximate surface area is 97.9 Å². The maximum atomic E-state index is 4.29. The van der Waals surface area contributed by atoms with Gasteiger partial charge in [-0.25, -0.2) is 0 Å². The van der Waals surface area contributed by atoms with Crippen LogP contribution in [-0.2, 0) is 6.54 Å². The molecule has 0 aromatic carbocycles. The third-order valence-electron chi connectivity index (χ3n) is 3.35. The lowest BCUT2D eigenvalue weighted by Gasteiger charge is -2.19. The first kappa shape index (κ1) is 11.6. The molecule has 0 radical (unpaired) electrons. The molecule has 3 nitrogen and oxygen atoms in total. The maximum absolute atomic E-state index is 4.29. The smallest absolute Gasteiger partial charge is 0.0372 e. The molecular formula is C13H21N3. The summed E-state index contributed by atoms with van der Waals surface area (Å²) in [4.78, 5) is 6.74. The lowest BCUT2D eigenvalue weighted by Crippen LogP contribution is -2.35. The van der Waals surface area contributed by atoms with E-state index >= 15 is 0 Å². The Morgan fingerprint density at radius 2 is 2.38 bits per heavy atom. The summed E-state index contributed by atoms with van der Waals surface area (Å²) in [6.45, 7) is 5.28. The second-order valence-corrected chi connectivity index (χ2v) is 4.72. The molecule has 0 aliphatic carbocycles. The van der Waals surface area contributed by atoms with E-state index in [9.17, 15) is 0 Å². The molecule has 0 amide bonds. The van der Waals surface area contributed by atoms with Crippen LogP contribution in [0.2, 0.25) is 0 Å². The number of aryl methyl sites for hydroxylation is 1. The molecule has 1 atom stereocenters. The van der Waals surface area contributed by atoms with Crippen molar-refractivity contribution in [3.05, 3.63) is 29.6 Å². The molecule has 2 rings (SSSR count). The van der Waals surface area contributed by atoms with Gasteiger partial charge in [-0.15, -0.1) is 0 Å². The van der Waals surface area contributed by atoms with E-state index in [-0.39, 0.29) is 0 Å². The van der Waals surface area contributed by atoms with Crippen LogP contribution >= 0.6 is 0 Å². The predicted octanol–water partition coefficient (Wildman–Crippen LogP) is 1.57. The van der Waals surface area contributed by atoms with Gasteiger partial charge in [0.2, 0.25) is 0 Å². The van der Waals surface area contributed by atoms with Gasteiger partial charge in [0.05, 0.1) is 0 Å². The highest BCUT2D eigenvalue weighted by Crippen LogP contribution is 2.13. The second-order valence-electron chi connectivity index (χ2n) is 4.72. The van der Waals surface area contributed by atoms with Gasteiger partial charge in [0.1, 0.15) is 0 Å². The minimum atomic E-state index is 0.721. The van der Waals surface area contributed by atoms with E-state index in [4.69, 9.17) is 0 Å². The third kappa shape index (κ3) is 3.03. The molecule has 1 saturated heterocycles. The predicted molar refractivity (Wildman–Crippen MR) is 66.3 cm³/mol. The number of nitrogens with zero attached hydrogens (tertiary/aromatic N) is 2. The van der Waals surface area contributed by atoms with Crippen LogP contribution in [-0.4, -0.2) is 36.1 Å². The Morgan fingerprint density at radius 3 is 3.00 bits per heavy atom. The molecule has 1 unspecified atom stereocenters. The zero-order valence-corrected chi connectivity index (χ0v) is 10.2. The number of nitrogens with one attached hydrogen (secondary N) is 1. The fourth-order valence-electron chi connectivity index (χ4n) is 2.22. The summed E-state index contributed by atoms with van der Waals surface area (Å²) in [6.07, 6.45) is 4.63. The molecule has 2 heterocycles. The summed E-state index contributed by atoms with van der Waals surface area (Å²) in [7, 11) is 2.22. The minimum Gasteiger partial charge on any atom is -0.311 e. The molecule has 0 bridgehead atoms. The van der Waals surface area contributed by atoms with Gasteiger partial charge in [0, 0.05) is 31.0 Å². The topological polar surface area (TPSA) is 28.2 Å². The summed E-state index contributed by atoms with van der Waals surface area (Å²) < 4.78 is 0. The van der Waals surface area contributed by atoms with Gasteiger partial charge >= 0.3 is 0 Å². The zero-order chi connectivity index (χ0) is 11.4. The van der Waals surface area contributed by atoms with Crippen LogP contribution in [0.4, 0.5) is 0 Å². The summed E-state index contributed by atoms with van der Waals surface area (Å²) >= 11 is 0. The van der Waals surface area contributed by atoms with Gasteiger partial charge in [-0.05, 0) is 45.0 Å². The lowest BCUT2D eigenvalue weighted by atomic mass is 10.2. The molecule has 3 heteroatoms. The lowest BCUT2D eigenvalue weighted by molar-refractivity contribution is 0.300. The molecule has 88 valence electrons. The quantitative estimate of drug-likeness (QED) is 0.833. The Kier molecular flexibility index (Phi) is 3.91. The fraction of sp³-hybridized carbons (Fsp3) is 0.615. The SMILES string of the molecule is Cc1ccc(CNCC2CCCN2C)cn1. The number of likely N-dealkylation sites (N-methyl/N-ethyl adjacent to an activating group) is 1. The van der Waals surface area contributed by atoms with Crippen molar-refractivity contribution in [2.24, 2.45) is 0 Å². The van der Waals surface area contributed by atoms with Crippen LogP contribution in [0.25, 0.3) is 0 Å². The summed E-state index contributed by atoms with van der Waals surface area (Å²) in [5.41, 5.74) is 2.35. The van der Waals surface area contributed by atoms with Crippen LogP contribution in [0.3, 0.4) is 0 Å². The van der Waals surface area contributed by atoms with Crippen LogP contribution in [0.15, 0.2) is 18.3 Å². The number of aromatic nitrogens is 1. The first-order valence-electron chi connectivity index (χ1n) is 6.08. The van der Waals surface area contributed by atoms with E-state index < -0.39 is 0 Å². The van der Waals surface area contributed by atoms with E-state index in [2.05, 4.69) is 34.4 Å². The number of pyridine rings is 1. The van der Waals surface area contributed by atoms with Gasteiger partial charge in [-0.2, -0.15) is 0 Å². The van der Waals surface area contributed by atoms with Crippen LogP contribution in [0.1, 0.15) is 24.1 Å². The fourth-order valence-corrected chi connectivity index (χ4v) is 2.22. The van der Waals surface area contributed by atoms with Gasteiger partial charge in [-0.1, -0.05) is 6.07 Å². The standard InChI is InChI=1S/C13H21N3/c1-11-5-6-12(9-15-11)8-14-10-13-4-3-7-16(13)2/h5-6,9,13-14H,3-4,7-8,10H2,1-2H3. The zero-order valence-electron chi connectivity index (χ0n) is 10.2. The molecule has 0 saturated carbocycles. The molecule has 1 aliphatic rings. The number of rotatable bonds is 4. The Hall–Kier alpha value is -0.930. The van der Waals surface area contributed by atoms with Crippen molar-refractivity contribution in [1.82, 2.24) is 15.2 Å². The van der Waals surface area contributed by atoms with Crippen molar-refractivity contribution in [3.8, 4) is 0 Å². The van der Waals surface area contributed by atoms with Gasteiger partial charge in [0.25, 0.3) is 0 Å². The molecular weight excluding hydrogens is 198 g/mol. The average Bonchev–Trinajstić information content (AvgIpc) is 2.68. The number of hydrogen-bond donors (Lipinski definition) is 1. The van der Waals surface area contributed by atoms with Crippen molar-refractivity contribution in [3.63, 3.8) is 0 Å². The largest absolute Gasteiger partial charge is 0.311 e. The van der Waals surface area contributed by atoms with Gasteiger partial charge in [0.15, 0.2) is 0 Å². The van der Waals surface area contributed by atoms with E-state index in [1.165, 1.54) is 24.9 Å². The van der Waals surface area contributed by atoms with Crippen LogP contribution < -0.4 is 5.32 Å². The van der Waals surface area contributed by atoms with Crippen molar-refractivity contribution < 1.29 is 0 Å². The highest BCUT2D eigenvalue weighted by molar-refractivity contribution is 5.12. The maximum Gasteiger partial charge on any atom is 0.0372 e. The molecule has 1 aromatic heterocycles. The van der Waals surface area contributed by atoms with E-state index in [0.29, 0.717) is 0 Å². The van der Waals surface area contributed by atoms with Crippen LogP contribution in [0, 0.1) is 6.92 Å². The van der Waals surface area contributed by atoms with Crippen LogP contribution in [0.5, 0.6) is 0 Å². The molecule has 1 aromatic rings. The molecule has 16 heavy (non-hydrogen) atoms. The average molecular weight is 219 g/mol. The molecule has 0 spiro atoms. The van der Waals surface area contributed by atoms with Crippen molar-refractivity contribution in [1.29, 1.82) is 0 Å². The first-order chi connectivity index (χ1) is 7.75. The van der Waals surface area contributed by atoms with E-state index in [1.807, 2.05) is 13.1 Å². The number of likely N-dealkylation sites (tertiary alicyclic amines) is 1. The molecule has 1 fully saturated rings. The minimum absolute atomic E-state index is 0.721. The van der Waals surface area contributed by atoms with Gasteiger partial charge in [-0.3, -0.25) is 4.98 Å². The third-order valence-corrected chi connectivity index (χ3v) is 3.35. The molecule has 1 N–H and O–H groups in total. The Balaban J connectivity index is 1.73. The number of hydrogen-bond acceptors (Lipinski definition) is 3. The van der Waals surface area contributed by atoms with Crippen molar-refractivity contribution >= 4 is 0 Å². The van der Waals surface area contributed by atoms with Crippen molar-refractivity contribution in [2.75, 3.05) is 20.1 Å². The van der Waals surface area contributed by atoms with E-state index in [1.54, 1.807) is 0 Å². The Bertz CT molecular complexity index is 320. The highest BCUT2D eigenvalue weighted by Gasteiger charge is 2.19. The summed E-state index contributed by atoms with van der Waals surface area (Å²) in [6, 6.07) is 4.94.